The van der Waals surface area contributed by atoms with Gasteiger partial charge in [-0.3, -0.25) is 4.99 Å². The standard InChI is InChI=1S/C18H34N4O4.HI/c1-4-19-16(20-14-18(24-3)8-12-25-13-9-18)21-15-6-10-22(11-7-15)17(23)26-5-2;/h15H,4-14H2,1-3H3,(H2,19,20,21);1H. The van der Waals surface area contributed by atoms with E-state index in [9.17, 15) is 4.79 Å². The lowest BCUT2D eigenvalue weighted by Gasteiger charge is -2.35. The summed E-state index contributed by atoms with van der Waals surface area (Å²) < 4.78 is 16.3. The molecule has 9 heteroatoms. The molecule has 2 N–H and O–H groups in total. The second kappa shape index (κ2) is 12.6. The van der Waals surface area contributed by atoms with Crippen molar-refractivity contribution in [1.82, 2.24) is 15.5 Å². The highest BCUT2D eigenvalue weighted by Crippen LogP contribution is 2.24. The number of halogens is 1. The summed E-state index contributed by atoms with van der Waals surface area (Å²) >= 11 is 0. The minimum absolute atomic E-state index is 0. The van der Waals surface area contributed by atoms with Crippen LogP contribution in [0.3, 0.4) is 0 Å². The molecule has 0 aromatic rings. The fraction of sp³-hybridized carbons (Fsp3) is 0.889. The van der Waals surface area contributed by atoms with E-state index in [1.54, 1.807) is 12.0 Å². The van der Waals surface area contributed by atoms with Gasteiger partial charge in [0.2, 0.25) is 0 Å². The summed E-state index contributed by atoms with van der Waals surface area (Å²) in [6.45, 7) is 8.57. The van der Waals surface area contributed by atoms with E-state index < -0.39 is 0 Å². The van der Waals surface area contributed by atoms with Crippen LogP contribution in [-0.2, 0) is 14.2 Å². The lowest BCUT2D eigenvalue weighted by atomic mass is 9.94. The molecule has 2 fully saturated rings. The van der Waals surface area contributed by atoms with Gasteiger partial charge in [0, 0.05) is 58.8 Å². The van der Waals surface area contributed by atoms with Gasteiger partial charge in [0.15, 0.2) is 5.96 Å². The topological polar surface area (TPSA) is 84.4 Å². The number of hydrogen-bond acceptors (Lipinski definition) is 5. The number of guanidine groups is 1. The number of amides is 1. The number of nitrogens with one attached hydrogen (secondary N) is 2. The quantitative estimate of drug-likeness (QED) is 0.331. The Balaban J connectivity index is 0.00000364. The number of aliphatic imine (C=N–C) groups is 1. The molecule has 1 amide bonds. The molecule has 0 atom stereocenters. The monoisotopic (exact) mass is 498 g/mol. The summed E-state index contributed by atoms with van der Waals surface area (Å²) in [6.07, 6.45) is 3.28. The third-order valence-corrected chi connectivity index (χ3v) is 5.07. The molecule has 0 unspecified atom stereocenters. The third kappa shape index (κ3) is 7.61. The SMILES string of the molecule is CCNC(=NCC1(OC)CCOCC1)NC1CCN(C(=O)OCC)CC1.I. The Morgan fingerprint density at radius 3 is 2.48 bits per heavy atom. The van der Waals surface area contributed by atoms with Crippen molar-refractivity contribution < 1.29 is 19.0 Å². The first-order chi connectivity index (χ1) is 12.6. The maximum absolute atomic E-state index is 11.8. The summed E-state index contributed by atoms with van der Waals surface area (Å²) in [6, 6.07) is 0.298. The average molecular weight is 498 g/mol. The van der Waals surface area contributed by atoms with Crippen molar-refractivity contribution in [1.29, 1.82) is 0 Å². The van der Waals surface area contributed by atoms with E-state index in [0.29, 0.717) is 32.3 Å². The molecule has 0 radical (unpaired) electrons. The Morgan fingerprint density at radius 2 is 1.93 bits per heavy atom. The highest BCUT2D eigenvalue weighted by molar-refractivity contribution is 14.0. The average Bonchev–Trinajstić information content (AvgIpc) is 2.68. The van der Waals surface area contributed by atoms with Crippen LogP contribution in [-0.4, -0.2) is 81.7 Å². The zero-order chi connectivity index (χ0) is 18.8. The van der Waals surface area contributed by atoms with E-state index in [2.05, 4.69) is 17.6 Å². The Kier molecular flexibility index (Phi) is 11.3. The molecule has 158 valence electrons. The van der Waals surface area contributed by atoms with Crippen molar-refractivity contribution in [3.8, 4) is 0 Å². The smallest absolute Gasteiger partial charge is 0.409 e. The van der Waals surface area contributed by atoms with Gasteiger partial charge in [0.1, 0.15) is 0 Å². The molecule has 8 nitrogen and oxygen atoms in total. The summed E-state index contributed by atoms with van der Waals surface area (Å²) in [5.74, 6) is 0.810. The molecule has 2 aliphatic rings. The number of piperidine rings is 1. The fourth-order valence-electron chi connectivity index (χ4n) is 3.33. The van der Waals surface area contributed by atoms with Gasteiger partial charge in [0.05, 0.1) is 18.8 Å². The maximum Gasteiger partial charge on any atom is 0.409 e. The van der Waals surface area contributed by atoms with Crippen molar-refractivity contribution >= 4 is 36.0 Å². The van der Waals surface area contributed by atoms with E-state index in [-0.39, 0.29) is 35.7 Å². The highest BCUT2D eigenvalue weighted by Gasteiger charge is 2.32. The molecule has 0 aromatic carbocycles. The van der Waals surface area contributed by atoms with Gasteiger partial charge in [-0.1, -0.05) is 0 Å². The zero-order valence-electron chi connectivity index (χ0n) is 16.8. The molecule has 0 saturated carbocycles. The predicted octanol–water partition coefficient (Wildman–Crippen LogP) is 1.98. The van der Waals surface area contributed by atoms with Crippen LogP contribution in [0.25, 0.3) is 0 Å². The van der Waals surface area contributed by atoms with Gasteiger partial charge in [-0.05, 0) is 26.7 Å². The van der Waals surface area contributed by atoms with Crippen LogP contribution in [0.5, 0.6) is 0 Å². The molecule has 0 aliphatic carbocycles. The number of rotatable bonds is 6. The fourth-order valence-corrected chi connectivity index (χ4v) is 3.33. The lowest BCUT2D eigenvalue weighted by molar-refractivity contribution is -0.0829. The van der Waals surface area contributed by atoms with Gasteiger partial charge in [-0.15, -0.1) is 24.0 Å². The molecular formula is C18H35IN4O4. The van der Waals surface area contributed by atoms with Gasteiger partial charge < -0.3 is 29.7 Å². The van der Waals surface area contributed by atoms with E-state index >= 15 is 0 Å². The number of ether oxygens (including phenoxy) is 3. The third-order valence-electron chi connectivity index (χ3n) is 5.07. The number of hydrogen-bond donors (Lipinski definition) is 2. The molecule has 27 heavy (non-hydrogen) atoms. The van der Waals surface area contributed by atoms with Crippen LogP contribution in [0.2, 0.25) is 0 Å². The minimum atomic E-state index is -0.228. The number of nitrogens with zero attached hydrogens (tertiary/aromatic N) is 2. The highest BCUT2D eigenvalue weighted by atomic mass is 127. The lowest BCUT2D eigenvalue weighted by Crippen LogP contribution is -2.50. The molecule has 2 rings (SSSR count). The molecule has 2 saturated heterocycles. The van der Waals surface area contributed by atoms with Crippen LogP contribution in [0.4, 0.5) is 4.79 Å². The van der Waals surface area contributed by atoms with Crippen molar-refractivity contribution in [2.75, 3.05) is 53.1 Å². The van der Waals surface area contributed by atoms with Gasteiger partial charge >= 0.3 is 6.09 Å². The first kappa shape index (κ1) is 24.2. The first-order valence-corrected chi connectivity index (χ1v) is 9.72. The van der Waals surface area contributed by atoms with E-state index in [4.69, 9.17) is 19.2 Å². The molecule has 0 bridgehead atoms. The predicted molar refractivity (Wildman–Crippen MR) is 116 cm³/mol. The Hall–Kier alpha value is -0.810. The summed E-state index contributed by atoms with van der Waals surface area (Å²) in [5.41, 5.74) is -0.228. The number of methoxy groups -OCH3 is 1. The number of likely N-dealkylation sites (tertiary alicyclic amines) is 1. The van der Waals surface area contributed by atoms with Crippen molar-refractivity contribution in [2.24, 2.45) is 4.99 Å². The van der Waals surface area contributed by atoms with Crippen molar-refractivity contribution in [2.45, 2.75) is 51.2 Å². The van der Waals surface area contributed by atoms with Crippen molar-refractivity contribution in [3.63, 3.8) is 0 Å². The van der Waals surface area contributed by atoms with Crippen LogP contribution in [0.1, 0.15) is 39.5 Å². The second-order valence-corrected chi connectivity index (χ2v) is 6.80. The molecule has 0 spiro atoms. The molecular weight excluding hydrogens is 463 g/mol. The van der Waals surface area contributed by atoms with Crippen LogP contribution in [0.15, 0.2) is 4.99 Å². The normalized spacial score (nSPS) is 20.6. The van der Waals surface area contributed by atoms with Gasteiger partial charge in [0.25, 0.3) is 0 Å². The Labute approximate surface area is 179 Å². The zero-order valence-corrected chi connectivity index (χ0v) is 19.1. The maximum atomic E-state index is 11.8. The Bertz CT molecular complexity index is 464. The van der Waals surface area contributed by atoms with Crippen molar-refractivity contribution in [3.05, 3.63) is 0 Å². The largest absolute Gasteiger partial charge is 0.450 e. The first-order valence-electron chi connectivity index (χ1n) is 9.72. The summed E-state index contributed by atoms with van der Waals surface area (Å²) in [4.78, 5) is 18.3. The summed E-state index contributed by atoms with van der Waals surface area (Å²) in [5, 5.41) is 6.81. The van der Waals surface area contributed by atoms with Crippen LogP contribution >= 0.6 is 24.0 Å². The van der Waals surface area contributed by atoms with Crippen LogP contribution < -0.4 is 10.6 Å². The molecule has 0 aromatic heterocycles. The van der Waals surface area contributed by atoms with Gasteiger partial charge in [-0.2, -0.15) is 0 Å². The molecule has 2 aliphatic heterocycles. The van der Waals surface area contributed by atoms with E-state index in [1.807, 2.05) is 6.92 Å². The Morgan fingerprint density at radius 1 is 1.26 bits per heavy atom. The van der Waals surface area contributed by atoms with Gasteiger partial charge in [-0.25, -0.2) is 4.79 Å². The second-order valence-electron chi connectivity index (χ2n) is 6.80. The van der Waals surface area contributed by atoms with E-state index in [0.717, 1.165) is 51.4 Å². The number of carbonyl (C=O) groups excluding carboxylic acids is 1. The number of carbonyl (C=O) groups is 1. The summed E-state index contributed by atoms with van der Waals surface area (Å²) in [7, 11) is 1.76. The molecule has 2 heterocycles. The minimum Gasteiger partial charge on any atom is -0.450 e. The van der Waals surface area contributed by atoms with E-state index in [1.165, 1.54) is 0 Å². The van der Waals surface area contributed by atoms with Crippen LogP contribution in [0, 0.1) is 0 Å².